The highest BCUT2D eigenvalue weighted by molar-refractivity contribution is 7.13. The van der Waals surface area contributed by atoms with Crippen LogP contribution in [0.3, 0.4) is 0 Å². The van der Waals surface area contributed by atoms with E-state index in [-0.39, 0.29) is 11.3 Å². The van der Waals surface area contributed by atoms with Crippen LogP contribution in [-0.2, 0) is 4.79 Å². The maximum absolute atomic E-state index is 12.0. The third-order valence-corrected chi connectivity index (χ3v) is 3.48. The Balaban J connectivity index is 2.50. The molecule has 0 radical (unpaired) electrons. The number of thiazole rings is 1. The van der Waals surface area contributed by atoms with E-state index in [9.17, 15) is 4.79 Å². The third kappa shape index (κ3) is 6.13. The summed E-state index contributed by atoms with van der Waals surface area (Å²) < 4.78 is 0. The Morgan fingerprint density at radius 3 is 2.84 bits per heavy atom. The number of hydrogen-bond donors (Lipinski definition) is 2. The summed E-state index contributed by atoms with van der Waals surface area (Å²) in [6.45, 7) is 9.07. The summed E-state index contributed by atoms with van der Waals surface area (Å²) in [6.07, 6.45) is 2.70. The van der Waals surface area contributed by atoms with Crippen LogP contribution in [-0.4, -0.2) is 42.0 Å². The number of hydrogen-bond acceptors (Lipinski definition) is 5. The number of amides is 1. The van der Waals surface area contributed by atoms with E-state index in [4.69, 9.17) is 5.73 Å². The fourth-order valence-corrected chi connectivity index (χ4v) is 2.39. The van der Waals surface area contributed by atoms with Crippen molar-refractivity contribution in [2.24, 2.45) is 11.1 Å². The van der Waals surface area contributed by atoms with Gasteiger partial charge < -0.3 is 11.1 Å². The van der Waals surface area contributed by atoms with Crippen LogP contribution in [0.2, 0.25) is 0 Å². The number of aromatic nitrogens is 1. The summed E-state index contributed by atoms with van der Waals surface area (Å²) in [5.41, 5.74) is 5.78. The molecular formula is C13H24N4OS. The van der Waals surface area contributed by atoms with Crippen molar-refractivity contribution in [1.29, 1.82) is 0 Å². The van der Waals surface area contributed by atoms with Crippen molar-refractivity contribution in [3.8, 4) is 0 Å². The molecule has 0 aromatic carbocycles. The maximum Gasteiger partial charge on any atom is 0.240 e. The molecule has 1 amide bonds. The van der Waals surface area contributed by atoms with Gasteiger partial charge in [0.25, 0.3) is 0 Å². The van der Waals surface area contributed by atoms with Crippen molar-refractivity contribution in [3.05, 3.63) is 11.6 Å². The van der Waals surface area contributed by atoms with E-state index in [1.54, 1.807) is 6.20 Å². The molecule has 1 heterocycles. The molecule has 0 bridgehead atoms. The monoisotopic (exact) mass is 284 g/mol. The average Bonchev–Trinajstić information content (AvgIpc) is 2.81. The predicted molar refractivity (Wildman–Crippen MR) is 80.3 cm³/mol. The zero-order valence-corrected chi connectivity index (χ0v) is 12.8. The Morgan fingerprint density at radius 1 is 1.58 bits per heavy atom. The first-order valence-corrected chi connectivity index (χ1v) is 7.46. The number of nitrogens with zero attached hydrogens (tertiary/aromatic N) is 2. The van der Waals surface area contributed by atoms with E-state index in [1.165, 1.54) is 11.3 Å². The van der Waals surface area contributed by atoms with Crippen molar-refractivity contribution >= 4 is 22.4 Å². The Hall–Kier alpha value is -0.980. The van der Waals surface area contributed by atoms with Crippen LogP contribution in [0.1, 0.15) is 27.2 Å². The number of rotatable bonds is 8. The van der Waals surface area contributed by atoms with Gasteiger partial charge >= 0.3 is 0 Å². The number of carbonyl (C=O) groups excluding carboxylic acids is 1. The van der Waals surface area contributed by atoms with Crippen LogP contribution >= 0.6 is 11.3 Å². The smallest absolute Gasteiger partial charge is 0.240 e. The number of nitrogens with two attached hydrogens (primary N) is 1. The summed E-state index contributed by atoms with van der Waals surface area (Å²) >= 11 is 1.43. The standard InChI is InChI=1S/C13H24N4OS/c1-4-6-17(10-13(2,3)9-14)8-11(18)16-12-15-5-7-19-12/h5,7H,4,6,8-10,14H2,1-3H3,(H,15,16,18). The molecule has 6 heteroatoms. The fraction of sp³-hybridized carbons (Fsp3) is 0.692. The van der Waals surface area contributed by atoms with Gasteiger partial charge in [-0.2, -0.15) is 0 Å². The Kier molecular flexibility index (Phi) is 6.41. The normalized spacial score (nSPS) is 11.8. The van der Waals surface area contributed by atoms with Crippen LogP contribution in [0.15, 0.2) is 11.6 Å². The summed E-state index contributed by atoms with van der Waals surface area (Å²) in [6, 6.07) is 0. The van der Waals surface area contributed by atoms with Gasteiger partial charge in [0.1, 0.15) is 0 Å². The Morgan fingerprint density at radius 2 is 2.32 bits per heavy atom. The van der Waals surface area contributed by atoms with Crippen molar-refractivity contribution in [3.63, 3.8) is 0 Å². The second-order valence-electron chi connectivity index (χ2n) is 5.46. The molecule has 1 aromatic rings. The van der Waals surface area contributed by atoms with Crippen molar-refractivity contribution in [1.82, 2.24) is 9.88 Å². The molecule has 0 saturated carbocycles. The molecule has 0 aliphatic carbocycles. The van der Waals surface area contributed by atoms with Gasteiger partial charge in [0.05, 0.1) is 6.54 Å². The van der Waals surface area contributed by atoms with Crippen LogP contribution in [0.5, 0.6) is 0 Å². The van der Waals surface area contributed by atoms with Crippen LogP contribution in [0, 0.1) is 5.41 Å². The Bertz CT molecular complexity index is 378. The lowest BCUT2D eigenvalue weighted by molar-refractivity contribution is -0.117. The predicted octanol–water partition coefficient (Wildman–Crippen LogP) is 1.78. The van der Waals surface area contributed by atoms with Gasteiger partial charge in [0.2, 0.25) is 5.91 Å². The average molecular weight is 284 g/mol. The molecule has 0 saturated heterocycles. The summed E-state index contributed by atoms with van der Waals surface area (Å²) in [5.74, 6) is -0.0174. The van der Waals surface area contributed by atoms with Gasteiger partial charge in [-0.15, -0.1) is 11.3 Å². The van der Waals surface area contributed by atoms with Crippen molar-refractivity contribution < 1.29 is 4.79 Å². The minimum absolute atomic E-state index is 0.0174. The third-order valence-electron chi connectivity index (χ3n) is 2.79. The quantitative estimate of drug-likeness (QED) is 0.763. The molecule has 1 aromatic heterocycles. The van der Waals surface area contributed by atoms with Crippen molar-refractivity contribution in [2.45, 2.75) is 27.2 Å². The van der Waals surface area contributed by atoms with E-state index in [0.29, 0.717) is 18.2 Å². The summed E-state index contributed by atoms with van der Waals surface area (Å²) in [5, 5.41) is 5.31. The zero-order chi connectivity index (χ0) is 14.3. The first-order valence-electron chi connectivity index (χ1n) is 6.58. The van der Waals surface area contributed by atoms with Crippen LogP contribution < -0.4 is 11.1 Å². The second-order valence-corrected chi connectivity index (χ2v) is 6.36. The van der Waals surface area contributed by atoms with Gasteiger partial charge in [-0.25, -0.2) is 4.98 Å². The van der Waals surface area contributed by atoms with E-state index in [0.717, 1.165) is 19.5 Å². The van der Waals surface area contributed by atoms with Gasteiger partial charge in [-0.3, -0.25) is 9.69 Å². The fourth-order valence-electron chi connectivity index (χ4n) is 1.85. The van der Waals surface area contributed by atoms with E-state index in [1.807, 2.05) is 5.38 Å². The highest BCUT2D eigenvalue weighted by Crippen LogP contribution is 2.15. The first-order chi connectivity index (χ1) is 8.96. The Labute approximate surface area is 119 Å². The molecule has 0 spiro atoms. The number of anilines is 1. The molecular weight excluding hydrogens is 260 g/mol. The number of nitrogens with one attached hydrogen (secondary N) is 1. The van der Waals surface area contributed by atoms with Gasteiger partial charge in [-0.05, 0) is 24.9 Å². The molecule has 0 aliphatic heterocycles. The highest BCUT2D eigenvalue weighted by Gasteiger charge is 2.21. The molecule has 0 fully saturated rings. The van der Waals surface area contributed by atoms with Crippen molar-refractivity contribution in [2.75, 3.05) is 31.5 Å². The maximum atomic E-state index is 12.0. The highest BCUT2D eigenvalue weighted by atomic mass is 32.1. The molecule has 0 unspecified atom stereocenters. The van der Waals surface area contributed by atoms with Gasteiger partial charge in [0.15, 0.2) is 5.13 Å². The van der Waals surface area contributed by atoms with Crippen LogP contribution in [0.25, 0.3) is 0 Å². The largest absolute Gasteiger partial charge is 0.330 e. The minimum atomic E-state index is -0.0174. The van der Waals surface area contributed by atoms with Gasteiger partial charge in [-0.1, -0.05) is 20.8 Å². The molecule has 1 rings (SSSR count). The lowest BCUT2D eigenvalue weighted by Crippen LogP contribution is -2.42. The summed E-state index contributed by atoms with van der Waals surface area (Å²) in [4.78, 5) is 18.1. The SMILES string of the molecule is CCCN(CC(=O)Nc1nccs1)CC(C)(C)CN. The van der Waals surface area contributed by atoms with Crippen LogP contribution in [0.4, 0.5) is 5.13 Å². The minimum Gasteiger partial charge on any atom is -0.330 e. The van der Waals surface area contributed by atoms with E-state index in [2.05, 4.69) is 36.0 Å². The summed E-state index contributed by atoms with van der Waals surface area (Å²) in [7, 11) is 0. The lowest BCUT2D eigenvalue weighted by Gasteiger charge is -2.31. The van der Waals surface area contributed by atoms with E-state index >= 15 is 0 Å². The molecule has 0 atom stereocenters. The molecule has 5 nitrogen and oxygen atoms in total. The molecule has 19 heavy (non-hydrogen) atoms. The molecule has 108 valence electrons. The zero-order valence-electron chi connectivity index (χ0n) is 12.0. The first kappa shape index (κ1) is 16.1. The molecule has 0 aliphatic rings. The number of carbonyl (C=O) groups is 1. The topological polar surface area (TPSA) is 71.2 Å². The second kappa shape index (κ2) is 7.57. The van der Waals surface area contributed by atoms with Gasteiger partial charge in [0, 0.05) is 18.1 Å². The molecule has 3 N–H and O–H groups in total. The van der Waals surface area contributed by atoms with E-state index < -0.39 is 0 Å². The lowest BCUT2D eigenvalue weighted by atomic mass is 9.93.